The number of nitrogens with two attached hydrogens (primary N) is 1. The van der Waals surface area contributed by atoms with Gasteiger partial charge in [0.1, 0.15) is 23.4 Å². The smallest absolute Gasteiger partial charge is 0.266 e. The van der Waals surface area contributed by atoms with E-state index in [4.69, 9.17) is 25.4 Å². The molecule has 1 saturated carbocycles. The van der Waals surface area contributed by atoms with Gasteiger partial charge >= 0.3 is 0 Å². The van der Waals surface area contributed by atoms with Crippen molar-refractivity contribution >= 4 is 23.2 Å². The maximum atomic E-state index is 13.1. The number of amides is 1. The third-order valence-corrected chi connectivity index (χ3v) is 8.13. The van der Waals surface area contributed by atoms with Crippen LogP contribution in [0.2, 0.25) is 0 Å². The highest BCUT2D eigenvalue weighted by atomic mass is 16.5. The second-order valence-electron chi connectivity index (χ2n) is 10.6. The number of nitrogens with one attached hydrogen (secondary N) is 2. The van der Waals surface area contributed by atoms with Crippen LogP contribution in [-0.2, 0) is 21.4 Å². The molecule has 3 aliphatic rings. The van der Waals surface area contributed by atoms with Gasteiger partial charge in [0.25, 0.3) is 5.91 Å². The number of carbonyl (C=O) groups is 2. The van der Waals surface area contributed by atoms with Gasteiger partial charge in [-0.3, -0.25) is 19.9 Å². The first-order valence-corrected chi connectivity index (χ1v) is 13.4. The zero-order chi connectivity index (χ0) is 26.9. The van der Waals surface area contributed by atoms with Crippen LogP contribution in [-0.4, -0.2) is 63.2 Å². The lowest BCUT2D eigenvalue weighted by Gasteiger charge is -2.36. The van der Waals surface area contributed by atoms with Crippen LogP contribution in [0.3, 0.4) is 0 Å². The van der Waals surface area contributed by atoms with Gasteiger partial charge in [-0.2, -0.15) is 4.98 Å². The highest BCUT2D eigenvalue weighted by Gasteiger charge is 2.48. The minimum atomic E-state index is -0.828. The molecule has 11 nitrogen and oxygen atoms in total. The largest absolute Gasteiger partial charge is 0.473 e. The van der Waals surface area contributed by atoms with Gasteiger partial charge in [-0.1, -0.05) is 11.6 Å². The quantitative estimate of drug-likeness (QED) is 0.443. The molecule has 2 aromatic rings. The Hall–Kier alpha value is -3.60. The molecule has 11 heteroatoms. The average molecular weight is 522 g/mol. The molecule has 38 heavy (non-hydrogen) atoms. The number of rotatable bonds is 8. The van der Waals surface area contributed by atoms with Crippen molar-refractivity contribution in [3.8, 4) is 17.4 Å². The molecule has 1 amide bonds. The van der Waals surface area contributed by atoms with Crippen LogP contribution in [0.5, 0.6) is 5.88 Å². The van der Waals surface area contributed by atoms with E-state index in [9.17, 15) is 9.59 Å². The molecule has 0 aromatic carbocycles. The van der Waals surface area contributed by atoms with Crippen LogP contribution in [0.4, 0.5) is 5.82 Å². The van der Waals surface area contributed by atoms with Gasteiger partial charge in [-0.05, 0) is 71.5 Å². The summed E-state index contributed by atoms with van der Waals surface area (Å²) in [5, 5.41) is 15.0. The number of hydrogen-bond acceptors (Lipinski definition) is 10. The van der Waals surface area contributed by atoms with Gasteiger partial charge < -0.3 is 20.3 Å². The van der Waals surface area contributed by atoms with E-state index in [0.29, 0.717) is 35.4 Å². The monoisotopic (exact) mass is 521 g/mol. The molecule has 3 heterocycles. The number of Topliss-reactive ketones (excluding diaryl/α,β-unsaturated/α-hetero) is 1. The molecule has 2 aromatic heterocycles. The van der Waals surface area contributed by atoms with Crippen molar-refractivity contribution in [3.05, 3.63) is 29.7 Å². The summed E-state index contributed by atoms with van der Waals surface area (Å²) < 4.78 is 12.2. The summed E-state index contributed by atoms with van der Waals surface area (Å²) in [6.07, 6.45) is 10.4. The standard InChI is InChI=1S/C27H35N7O4/c1-16(19-8-6-14-34(19)2)37-22-15-21(30-13-10-18(28)25(29)36)31-26(32-22)23-17-7-5-12-27(24(17)38-33-23)11-4-3-9-20(27)35/h10,13,15-16,19,28H,3-9,11-12,14H2,1-2H3,(H2,29,36)(H,30,31,32)/b13-10-,28-18?/t16-,19-,27+/m0/s1. The highest BCUT2D eigenvalue weighted by molar-refractivity contribution is 6.41. The van der Waals surface area contributed by atoms with Crippen LogP contribution in [0.15, 0.2) is 22.9 Å². The van der Waals surface area contributed by atoms with E-state index in [0.717, 1.165) is 63.5 Å². The number of nitrogens with zero attached hydrogens (tertiary/aromatic N) is 4. The topological polar surface area (TPSA) is 160 Å². The number of primary amides is 1. The molecule has 5 rings (SSSR count). The Labute approximate surface area is 221 Å². The minimum Gasteiger partial charge on any atom is -0.473 e. The Bertz CT molecular complexity index is 1270. The van der Waals surface area contributed by atoms with Crippen molar-refractivity contribution in [3.63, 3.8) is 0 Å². The second-order valence-corrected chi connectivity index (χ2v) is 10.6. The molecule has 4 N–H and O–H groups in total. The number of carbonyl (C=O) groups excluding carboxylic acids is 2. The molecule has 2 fully saturated rings. The van der Waals surface area contributed by atoms with Crippen molar-refractivity contribution in [2.45, 2.75) is 82.3 Å². The number of fused-ring (bicyclic) bond motifs is 2. The lowest BCUT2D eigenvalue weighted by atomic mass is 9.64. The Morgan fingerprint density at radius 3 is 2.84 bits per heavy atom. The molecular formula is C27H35N7O4. The molecule has 0 unspecified atom stereocenters. The summed E-state index contributed by atoms with van der Waals surface area (Å²) in [4.78, 5) is 35.9. The molecule has 0 bridgehead atoms. The second kappa shape index (κ2) is 10.6. The van der Waals surface area contributed by atoms with Gasteiger partial charge in [0, 0.05) is 30.3 Å². The van der Waals surface area contributed by atoms with Gasteiger partial charge in [0.05, 0.1) is 5.41 Å². The summed E-state index contributed by atoms with van der Waals surface area (Å²) in [5.41, 5.74) is 5.63. The molecule has 202 valence electrons. The minimum absolute atomic E-state index is 0.106. The Morgan fingerprint density at radius 2 is 2.11 bits per heavy atom. The number of aromatic nitrogens is 3. The molecule has 3 atom stereocenters. The van der Waals surface area contributed by atoms with Crippen molar-refractivity contribution in [2.75, 3.05) is 18.9 Å². The van der Waals surface area contributed by atoms with E-state index in [2.05, 4.69) is 27.4 Å². The first kappa shape index (κ1) is 26.0. The predicted octanol–water partition coefficient (Wildman–Crippen LogP) is 3.14. The van der Waals surface area contributed by atoms with Crippen molar-refractivity contribution in [1.82, 2.24) is 20.0 Å². The normalized spacial score (nSPS) is 24.5. The third-order valence-electron chi connectivity index (χ3n) is 8.13. The maximum absolute atomic E-state index is 13.1. The molecular weight excluding hydrogens is 486 g/mol. The van der Waals surface area contributed by atoms with Crippen molar-refractivity contribution in [1.29, 1.82) is 5.41 Å². The zero-order valence-corrected chi connectivity index (χ0v) is 22.0. The van der Waals surface area contributed by atoms with Crippen LogP contribution in [0, 0.1) is 5.41 Å². The third kappa shape index (κ3) is 4.94. The molecule has 1 saturated heterocycles. The average Bonchev–Trinajstić information content (AvgIpc) is 3.53. The Kier molecular flexibility index (Phi) is 7.29. The first-order chi connectivity index (χ1) is 18.3. The summed E-state index contributed by atoms with van der Waals surface area (Å²) >= 11 is 0. The Balaban J connectivity index is 1.49. The van der Waals surface area contributed by atoms with E-state index >= 15 is 0 Å². The molecule has 1 aliphatic heterocycles. The molecule has 2 aliphatic carbocycles. The maximum Gasteiger partial charge on any atom is 0.266 e. The fraction of sp³-hybridized carbons (Fsp3) is 0.556. The predicted molar refractivity (Wildman–Crippen MR) is 141 cm³/mol. The van der Waals surface area contributed by atoms with Gasteiger partial charge in [-0.15, -0.1) is 0 Å². The van der Waals surface area contributed by atoms with Crippen LogP contribution in [0.1, 0.15) is 69.6 Å². The summed E-state index contributed by atoms with van der Waals surface area (Å²) in [7, 11) is 2.10. The van der Waals surface area contributed by atoms with Crippen LogP contribution >= 0.6 is 0 Å². The molecule has 1 spiro atoms. The van der Waals surface area contributed by atoms with E-state index in [1.165, 1.54) is 12.3 Å². The van der Waals surface area contributed by atoms with E-state index < -0.39 is 11.3 Å². The SMILES string of the molecule is C[C@H](Oc1cc(N/C=C\C(=N)C(N)=O)nc(-c2noc3c2CCC[C@@]32CCCCC2=O)n1)[C@@H]1CCCN1C. The zero-order valence-electron chi connectivity index (χ0n) is 22.0. The van der Waals surface area contributed by atoms with E-state index in [1.807, 2.05) is 6.92 Å². The number of ketones is 1. The fourth-order valence-corrected chi connectivity index (χ4v) is 6.12. The van der Waals surface area contributed by atoms with Crippen LogP contribution in [0.25, 0.3) is 11.5 Å². The van der Waals surface area contributed by atoms with E-state index in [1.54, 1.807) is 6.07 Å². The Morgan fingerprint density at radius 1 is 1.29 bits per heavy atom. The number of ether oxygens (including phenoxy) is 1. The van der Waals surface area contributed by atoms with E-state index in [-0.39, 0.29) is 23.6 Å². The lowest BCUT2D eigenvalue weighted by molar-refractivity contribution is -0.128. The summed E-state index contributed by atoms with van der Waals surface area (Å²) in [6, 6.07) is 1.95. The van der Waals surface area contributed by atoms with Gasteiger partial charge in [0.2, 0.25) is 5.88 Å². The number of likely N-dealkylation sites (tertiary alicyclic amines) is 1. The lowest BCUT2D eigenvalue weighted by Crippen LogP contribution is -2.41. The summed E-state index contributed by atoms with van der Waals surface area (Å²) in [5.74, 6) is 1.19. The van der Waals surface area contributed by atoms with Crippen LogP contribution < -0.4 is 15.8 Å². The van der Waals surface area contributed by atoms with Crippen molar-refractivity contribution < 1.29 is 18.8 Å². The number of likely N-dealkylation sites (N-methyl/N-ethyl adjacent to an activating group) is 1. The summed E-state index contributed by atoms with van der Waals surface area (Å²) in [6.45, 7) is 3.06. The molecule has 0 radical (unpaired) electrons. The van der Waals surface area contributed by atoms with Crippen molar-refractivity contribution in [2.24, 2.45) is 5.73 Å². The number of anilines is 1. The number of hydrogen-bond donors (Lipinski definition) is 3. The van der Waals surface area contributed by atoms with Gasteiger partial charge in [-0.25, -0.2) is 4.98 Å². The van der Waals surface area contributed by atoms with Gasteiger partial charge in [0.15, 0.2) is 17.3 Å². The first-order valence-electron chi connectivity index (χ1n) is 13.4. The fourth-order valence-electron chi connectivity index (χ4n) is 6.12. The highest BCUT2D eigenvalue weighted by Crippen LogP contribution is 2.47.